The van der Waals surface area contributed by atoms with Crippen LogP contribution in [0.5, 0.6) is 0 Å². The Morgan fingerprint density at radius 1 is 1.26 bits per heavy atom. The molecule has 8 heteroatoms. The van der Waals surface area contributed by atoms with Gasteiger partial charge in [0, 0.05) is 17.8 Å². The van der Waals surface area contributed by atoms with Crippen LogP contribution in [0.25, 0.3) is 0 Å². The molecule has 3 heterocycles. The minimum atomic E-state index is -0.529. The van der Waals surface area contributed by atoms with E-state index in [9.17, 15) is 14.4 Å². The summed E-state index contributed by atoms with van der Waals surface area (Å²) in [5, 5.41) is 0.553. The molecule has 2 amide bonds. The lowest BCUT2D eigenvalue weighted by atomic mass is 10.2. The summed E-state index contributed by atoms with van der Waals surface area (Å²) in [4.78, 5) is 43.9. The van der Waals surface area contributed by atoms with Gasteiger partial charge in [-0.15, -0.1) is 0 Å². The highest BCUT2D eigenvalue weighted by atomic mass is 32.1. The highest BCUT2D eigenvalue weighted by Crippen LogP contribution is 2.32. The largest absolute Gasteiger partial charge is 0.444 e. The molecule has 0 spiro atoms. The average molecular weight is 337 g/mol. The van der Waals surface area contributed by atoms with Gasteiger partial charge >= 0.3 is 6.09 Å². The number of hydrogen-bond acceptors (Lipinski definition) is 6. The van der Waals surface area contributed by atoms with E-state index in [1.807, 2.05) is 20.8 Å². The van der Waals surface area contributed by atoms with E-state index in [1.54, 1.807) is 4.90 Å². The average Bonchev–Trinajstić information content (AvgIpc) is 2.98. The number of carbonyl (C=O) groups excluding carboxylic acids is 3. The van der Waals surface area contributed by atoms with E-state index in [0.29, 0.717) is 24.6 Å². The van der Waals surface area contributed by atoms with Crippen molar-refractivity contribution in [3.63, 3.8) is 0 Å². The lowest BCUT2D eigenvalue weighted by Gasteiger charge is -2.29. The van der Waals surface area contributed by atoms with Gasteiger partial charge in [-0.05, 0) is 20.8 Å². The van der Waals surface area contributed by atoms with Gasteiger partial charge in [-0.2, -0.15) is 0 Å². The smallest absolute Gasteiger partial charge is 0.410 e. The number of amides is 2. The van der Waals surface area contributed by atoms with Crippen LogP contribution in [0.15, 0.2) is 0 Å². The molecule has 7 nitrogen and oxygen atoms in total. The maximum atomic E-state index is 12.2. The Morgan fingerprint density at radius 3 is 2.61 bits per heavy atom. The Hall–Kier alpha value is -1.96. The maximum absolute atomic E-state index is 12.2. The first-order valence-corrected chi connectivity index (χ1v) is 8.33. The Balaban J connectivity index is 1.73. The third-order valence-corrected chi connectivity index (χ3v) is 4.69. The van der Waals surface area contributed by atoms with Crippen LogP contribution in [0.1, 0.15) is 37.8 Å². The number of nitrogens with zero attached hydrogens (tertiary/aromatic N) is 3. The molecule has 23 heavy (non-hydrogen) atoms. The van der Waals surface area contributed by atoms with Crippen LogP contribution in [0.4, 0.5) is 9.93 Å². The van der Waals surface area contributed by atoms with Gasteiger partial charge in [0.05, 0.1) is 25.2 Å². The third-order valence-electron chi connectivity index (χ3n) is 3.59. The predicted molar refractivity (Wildman–Crippen MR) is 84.4 cm³/mol. The van der Waals surface area contributed by atoms with Crippen molar-refractivity contribution in [3.05, 3.63) is 10.6 Å². The van der Waals surface area contributed by atoms with Gasteiger partial charge in [0.1, 0.15) is 5.60 Å². The normalized spacial score (nSPS) is 18.4. The zero-order chi connectivity index (χ0) is 16.8. The standard InChI is InChI=1S/C15H19N3O4S/c1-15(2,3)22-14(21)17-5-4-10-11(8-17)23-13(16-10)18-7-9(19)6-12(18)20/h4-8H2,1-3H3. The lowest BCUT2D eigenvalue weighted by Crippen LogP contribution is -2.39. The van der Waals surface area contributed by atoms with Crippen molar-refractivity contribution in [3.8, 4) is 0 Å². The Labute approximate surface area is 138 Å². The molecule has 0 saturated carbocycles. The van der Waals surface area contributed by atoms with E-state index in [1.165, 1.54) is 16.2 Å². The molecule has 2 aliphatic heterocycles. The van der Waals surface area contributed by atoms with Gasteiger partial charge in [0.15, 0.2) is 10.9 Å². The van der Waals surface area contributed by atoms with Crippen LogP contribution in [-0.4, -0.2) is 46.4 Å². The van der Waals surface area contributed by atoms with Crippen molar-refractivity contribution in [2.24, 2.45) is 0 Å². The first-order valence-electron chi connectivity index (χ1n) is 7.51. The highest BCUT2D eigenvalue weighted by Gasteiger charge is 2.33. The molecule has 1 aromatic rings. The second-order valence-electron chi connectivity index (χ2n) is 6.71. The van der Waals surface area contributed by atoms with E-state index in [-0.39, 0.29) is 30.7 Å². The van der Waals surface area contributed by atoms with Crippen LogP contribution in [-0.2, 0) is 27.3 Å². The molecule has 0 aliphatic carbocycles. The highest BCUT2D eigenvalue weighted by molar-refractivity contribution is 7.16. The first-order chi connectivity index (χ1) is 10.7. The molecule has 1 fully saturated rings. The van der Waals surface area contributed by atoms with E-state index in [2.05, 4.69) is 4.98 Å². The van der Waals surface area contributed by atoms with Crippen molar-refractivity contribution in [2.75, 3.05) is 18.0 Å². The Bertz CT molecular complexity index is 677. The molecule has 0 N–H and O–H groups in total. The first kappa shape index (κ1) is 15.9. The van der Waals surface area contributed by atoms with Crippen molar-refractivity contribution in [1.82, 2.24) is 9.88 Å². The number of Topliss-reactive ketones (excluding diaryl/α,β-unsaturated/α-hetero) is 1. The van der Waals surface area contributed by atoms with Crippen molar-refractivity contribution >= 4 is 34.3 Å². The van der Waals surface area contributed by atoms with Crippen LogP contribution >= 0.6 is 11.3 Å². The topological polar surface area (TPSA) is 79.8 Å². The number of hydrogen-bond donors (Lipinski definition) is 0. The summed E-state index contributed by atoms with van der Waals surface area (Å²) >= 11 is 1.37. The van der Waals surface area contributed by atoms with Gasteiger partial charge in [0.2, 0.25) is 5.91 Å². The summed E-state index contributed by atoms with van der Waals surface area (Å²) in [6.07, 6.45) is 0.237. The van der Waals surface area contributed by atoms with E-state index < -0.39 is 5.60 Å². The minimum Gasteiger partial charge on any atom is -0.444 e. The summed E-state index contributed by atoms with van der Waals surface area (Å²) in [6.45, 7) is 6.57. The number of ketones is 1. The second-order valence-corrected chi connectivity index (χ2v) is 7.78. The Kier molecular flexibility index (Phi) is 3.87. The third kappa shape index (κ3) is 3.36. The number of rotatable bonds is 1. The Morgan fingerprint density at radius 2 is 2.00 bits per heavy atom. The van der Waals surface area contributed by atoms with Gasteiger partial charge in [-0.25, -0.2) is 9.78 Å². The molecule has 1 saturated heterocycles. The van der Waals surface area contributed by atoms with Crippen LogP contribution < -0.4 is 4.90 Å². The molecule has 0 atom stereocenters. The summed E-state index contributed by atoms with van der Waals surface area (Å²) in [5.41, 5.74) is 0.371. The number of ether oxygens (including phenoxy) is 1. The van der Waals surface area contributed by atoms with Crippen LogP contribution in [0, 0.1) is 0 Å². The summed E-state index contributed by atoms with van der Waals surface area (Å²) in [6, 6.07) is 0. The SMILES string of the molecule is CC(C)(C)OC(=O)N1CCc2nc(N3CC(=O)CC3=O)sc2C1. The molecule has 124 valence electrons. The van der Waals surface area contributed by atoms with E-state index in [0.717, 1.165) is 10.6 Å². The van der Waals surface area contributed by atoms with Gasteiger partial charge in [0.25, 0.3) is 0 Å². The quantitative estimate of drug-likeness (QED) is 0.729. The van der Waals surface area contributed by atoms with Crippen LogP contribution in [0.3, 0.4) is 0 Å². The molecule has 0 aromatic carbocycles. The van der Waals surface area contributed by atoms with Gasteiger partial charge in [-0.3, -0.25) is 14.5 Å². The molecule has 0 unspecified atom stereocenters. The van der Waals surface area contributed by atoms with Gasteiger partial charge < -0.3 is 9.64 Å². The minimum absolute atomic E-state index is 0.0473. The fraction of sp³-hybridized carbons (Fsp3) is 0.600. The summed E-state index contributed by atoms with van der Waals surface area (Å²) < 4.78 is 5.39. The number of carbonyl (C=O) groups is 3. The van der Waals surface area contributed by atoms with Crippen LogP contribution in [0.2, 0.25) is 0 Å². The summed E-state index contributed by atoms with van der Waals surface area (Å²) in [7, 11) is 0. The molecule has 0 bridgehead atoms. The molecular formula is C15H19N3O4S. The lowest BCUT2D eigenvalue weighted by molar-refractivity contribution is -0.121. The zero-order valence-electron chi connectivity index (χ0n) is 13.4. The number of anilines is 1. The van der Waals surface area contributed by atoms with Crippen molar-refractivity contribution < 1.29 is 19.1 Å². The number of thiazole rings is 1. The van der Waals surface area contributed by atoms with E-state index in [4.69, 9.17) is 4.74 Å². The molecule has 3 rings (SSSR count). The second kappa shape index (κ2) is 5.59. The number of aromatic nitrogens is 1. The van der Waals surface area contributed by atoms with Gasteiger partial charge in [-0.1, -0.05) is 11.3 Å². The summed E-state index contributed by atoms with van der Waals surface area (Å²) in [5.74, 6) is -0.288. The molecule has 1 aromatic heterocycles. The molecule has 0 radical (unpaired) electrons. The monoisotopic (exact) mass is 337 g/mol. The predicted octanol–water partition coefficient (Wildman–Crippen LogP) is 1.74. The maximum Gasteiger partial charge on any atom is 0.410 e. The fourth-order valence-electron chi connectivity index (χ4n) is 2.54. The molecular weight excluding hydrogens is 318 g/mol. The zero-order valence-corrected chi connectivity index (χ0v) is 14.2. The van der Waals surface area contributed by atoms with Crippen molar-refractivity contribution in [1.29, 1.82) is 0 Å². The molecule has 2 aliphatic rings. The van der Waals surface area contributed by atoms with Crippen molar-refractivity contribution in [2.45, 2.75) is 45.8 Å². The number of fused-ring (bicyclic) bond motifs is 1. The fourth-order valence-corrected chi connectivity index (χ4v) is 3.68. The van der Waals surface area contributed by atoms with E-state index >= 15 is 0 Å².